The minimum absolute atomic E-state index is 0.101. The molecule has 2 rings (SSSR count). The Morgan fingerprint density at radius 2 is 2.00 bits per heavy atom. The first-order valence-electron chi connectivity index (χ1n) is 5.13. The van der Waals surface area contributed by atoms with E-state index >= 15 is 0 Å². The predicted molar refractivity (Wildman–Crippen MR) is 64.1 cm³/mol. The average molecular weight is 252 g/mol. The van der Waals surface area contributed by atoms with Crippen LogP contribution in [0.4, 0.5) is 4.39 Å². The highest BCUT2D eigenvalue weighted by Gasteiger charge is 2.10. The molecule has 1 aromatic carbocycles. The molecule has 2 aromatic rings. The molecule has 0 aliphatic carbocycles. The van der Waals surface area contributed by atoms with Crippen molar-refractivity contribution in [2.45, 2.75) is 12.5 Å². The van der Waals surface area contributed by atoms with E-state index in [9.17, 15) is 4.39 Å². The number of halogens is 2. The lowest BCUT2D eigenvalue weighted by Crippen LogP contribution is -2.16. The highest BCUT2D eigenvalue weighted by Crippen LogP contribution is 2.19. The SMILES string of the molecule is NC(Cc1ccc(F)c(Cl)c1)c1ncccn1. The van der Waals surface area contributed by atoms with Crippen LogP contribution in [0.15, 0.2) is 36.7 Å². The number of hydrogen-bond donors (Lipinski definition) is 1. The Morgan fingerprint density at radius 3 is 2.65 bits per heavy atom. The number of nitrogens with zero attached hydrogens (tertiary/aromatic N) is 2. The fourth-order valence-electron chi connectivity index (χ4n) is 1.51. The Morgan fingerprint density at radius 1 is 1.29 bits per heavy atom. The smallest absolute Gasteiger partial charge is 0.145 e. The highest BCUT2D eigenvalue weighted by atomic mass is 35.5. The minimum Gasteiger partial charge on any atom is -0.321 e. The van der Waals surface area contributed by atoms with Crippen LogP contribution in [0.25, 0.3) is 0 Å². The Labute approximate surface area is 103 Å². The molecule has 0 radical (unpaired) electrons. The molecule has 1 aromatic heterocycles. The molecular formula is C12H11ClFN3. The number of aromatic nitrogens is 2. The Hall–Kier alpha value is -1.52. The van der Waals surface area contributed by atoms with Crippen molar-refractivity contribution in [2.75, 3.05) is 0 Å². The van der Waals surface area contributed by atoms with E-state index in [-0.39, 0.29) is 11.1 Å². The average Bonchev–Trinajstić information content (AvgIpc) is 2.35. The summed E-state index contributed by atoms with van der Waals surface area (Å²) in [4.78, 5) is 8.14. The van der Waals surface area contributed by atoms with Gasteiger partial charge in [0.15, 0.2) is 0 Å². The molecule has 0 bridgehead atoms. The zero-order valence-corrected chi connectivity index (χ0v) is 9.73. The fraction of sp³-hybridized carbons (Fsp3) is 0.167. The van der Waals surface area contributed by atoms with E-state index in [1.165, 1.54) is 6.07 Å². The first-order chi connectivity index (χ1) is 8.16. The normalized spacial score (nSPS) is 12.4. The van der Waals surface area contributed by atoms with Gasteiger partial charge in [-0.25, -0.2) is 14.4 Å². The van der Waals surface area contributed by atoms with Gasteiger partial charge in [0.25, 0.3) is 0 Å². The third-order valence-electron chi connectivity index (χ3n) is 2.36. The molecule has 0 saturated carbocycles. The molecular weight excluding hydrogens is 241 g/mol. The standard InChI is InChI=1S/C12H11ClFN3/c13-9-6-8(2-3-10(9)14)7-11(15)12-16-4-1-5-17-12/h1-6,11H,7,15H2. The summed E-state index contributed by atoms with van der Waals surface area (Å²) in [5.41, 5.74) is 6.81. The van der Waals surface area contributed by atoms with Crippen molar-refractivity contribution >= 4 is 11.6 Å². The number of hydrogen-bond acceptors (Lipinski definition) is 3. The van der Waals surface area contributed by atoms with Gasteiger partial charge in [-0.1, -0.05) is 17.7 Å². The summed E-state index contributed by atoms with van der Waals surface area (Å²) in [5.74, 6) is 0.132. The summed E-state index contributed by atoms with van der Waals surface area (Å²) in [6.07, 6.45) is 3.80. The van der Waals surface area contributed by atoms with Crippen LogP contribution in [0, 0.1) is 5.82 Å². The molecule has 88 valence electrons. The van der Waals surface area contributed by atoms with E-state index in [2.05, 4.69) is 9.97 Å². The summed E-state index contributed by atoms with van der Waals surface area (Å²) in [5, 5.41) is 0.101. The lowest BCUT2D eigenvalue weighted by molar-refractivity contribution is 0.624. The summed E-state index contributed by atoms with van der Waals surface area (Å²) >= 11 is 5.70. The molecule has 17 heavy (non-hydrogen) atoms. The van der Waals surface area contributed by atoms with Crippen molar-refractivity contribution in [2.24, 2.45) is 5.73 Å². The van der Waals surface area contributed by atoms with Gasteiger partial charge in [0.05, 0.1) is 11.1 Å². The molecule has 1 unspecified atom stereocenters. The van der Waals surface area contributed by atoms with Gasteiger partial charge < -0.3 is 5.73 Å². The maximum absolute atomic E-state index is 13.0. The van der Waals surface area contributed by atoms with Crippen LogP contribution in [-0.2, 0) is 6.42 Å². The first kappa shape index (κ1) is 12.0. The molecule has 2 N–H and O–H groups in total. The second-order valence-corrected chi connectivity index (χ2v) is 4.07. The number of rotatable bonds is 3. The monoisotopic (exact) mass is 251 g/mol. The maximum atomic E-state index is 13.0. The zero-order valence-electron chi connectivity index (χ0n) is 8.98. The molecule has 5 heteroatoms. The lowest BCUT2D eigenvalue weighted by atomic mass is 10.1. The molecule has 0 aliphatic rings. The van der Waals surface area contributed by atoms with Crippen molar-refractivity contribution in [3.8, 4) is 0 Å². The van der Waals surface area contributed by atoms with Crippen LogP contribution in [-0.4, -0.2) is 9.97 Å². The highest BCUT2D eigenvalue weighted by molar-refractivity contribution is 6.30. The quantitative estimate of drug-likeness (QED) is 0.912. The Bertz CT molecular complexity index is 504. The van der Waals surface area contributed by atoms with Crippen molar-refractivity contribution in [3.05, 3.63) is 58.9 Å². The fourth-order valence-corrected chi connectivity index (χ4v) is 1.72. The molecule has 1 heterocycles. The Kier molecular flexibility index (Phi) is 3.66. The van der Waals surface area contributed by atoms with Gasteiger partial charge in [0, 0.05) is 12.4 Å². The van der Waals surface area contributed by atoms with Gasteiger partial charge >= 0.3 is 0 Å². The summed E-state index contributed by atoms with van der Waals surface area (Å²) in [6, 6.07) is 5.96. The van der Waals surface area contributed by atoms with Crippen molar-refractivity contribution in [1.29, 1.82) is 0 Å². The molecule has 0 aliphatic heterocycles. The second kappa shape index (κ2) is 5.21. The van der Waals surface area contributed by atoms with E-state index in [1.54, 1.807) is 30.6 Å². The van der Waals surface area contributed by atoms with Crippen LogP contribution in [0.1, 0.15) is 17.4 Å². The van der Waals surface area contributed by atoms with Gasteiger partial charge in [-0.2, -0.15) is 0 Å². The molecule has 0 fully saturated rings. The van der Waals surface area contributed by atoms with Gasteiger partial charge in [-0.15, -0.1) is 0 Å². The molecule has 1 atom stereocenters. The zero-order chi connectivity index (χ0) is 12.3. The Balaban J connectivity index is 2.13. The minimum atomic E-state index is -0.431. The van der Waals surface area contributed by atoms with E-state index < -0.39 is 5.82 Å². The van der Waals surface area contributed by atoms with Gasteiger partial charge in [-0.3, -0.25) is 0 Å². The van der Waals surface area contributed by atoms with Gasteiger partial charge in [0.1, 0.15) is 11.6 Å². The molecule has 0 saturated heterocycles. The number of benzene rings is 1. The van der Waals surface area contributed by atoms with Crippen molar-refractivity contribution < 1.29 is 4.39 Å². The summed E-state index contributed by atoms with van der Waals surface area (Å²) in [6.45, 7) is 0. The van der Waals surface area contributed by atoms with Gasteiger partial charge in [0.2, 0.25) is 0 Å². The van der Waals surface area contributed by atoms with Crippen LogP contribution in [0.5, 0.6) is 0 Å². The summed E-state index contributed by atoms with van der Waals surface area (Å²) < 4.78 is 13.0. The van der Waals surface area contributed by atoms with Crippen LogP contribution in [0.3, 0.4) is 0 Å². The third-order valence-corrected chi connectivity index (χ3v) is 2.65. The van der Waals surface area contributed by atoms with E-state index in [1.807, 2.05) is 0 Å². The van der Waals surface area contributed by atoms with E-state index in [4.69, 9.17) is 17.3 Å². The van der Waals surface area contributed by atoms with Crippen LogP contribution in [0.2, 0.25) is 5.02 Å². The second-order valence-electron chi connectivity index (χ2n) is 3.67. The van der Waals surface area contributed by atoms with Crippen LogP contribution < -0.4 is 5.73 Å². The van der Waals surface area contributed by atoms with Gasteiger partial charge in [-0.05, 0) is 30.2 Å². The van der Waals surface area contributed by atoms with E-state index in [0.717, 1.165) is 5.56 Å². The van der Waals surface area contributed by atoms with Crippen LogP contribution >= 0.6 is 11.6 Å². The predicted octanol–water partition coefficient (Wildman–Crippen LogP) is 2.51. The van der Waals surface area contributed by atoms with E-state index in [0.29, 0.717) is 12.2 Å². The molecule has 0 spiro atoms. The number of nitrogens with two attached hydrogens (primary N) is 1. The summed E-state index contributed by atoms with van der Waals surface area (Å²) in [7, 11) is 0. The largest absolute Gasteiger partial charge is 0.321 e. The van der Waals surface area contributed by atoms with Crippen molar-refractivity contribution in [3.63, 3.8) is 0 Å². The lowest BCUT2D eigenvalue weighted by Gasteiger charge is -2.10. The molecule has 0 amide bonds. The third kappa shape index (κ3) is 2.99. The first-order valence-corrected chi connectivity index (χ1v) is 5.51. The molecule has 3 nitrogen and oxygen atoms in total. The van der Waals surface area contributed by atoms with Crippen molar-refractivity contribution in [1.82, 2.24) is 9.97 Å². The maximum Gasteiger partial charge on any atom is 0.145 e. The topological polar surface area (TPSA) is 51.8 Å².